The van der Waals surface area contributed by atoms with Gasteiger partial charge in [-0.2, -0.15) is 0 Å². The zero-order valence-corrected chi connectivity index (χ0v) is 12.0. The molecule has 0 amide bonds. The Balaban J connectivity index is 1.85. The first kappa shape index (κ1) is 13.9. The summed E-state index contributed by atoms with van der Waals surface area (Å²) in [7, 11) is 0. The van der Waals surface area contributed by atoms with Crippen LogP contribution in [0.25, 0.3) is 0 Å². The van der Waals surface area contributed by atoms with E-state index in [0.29, 0.717) is 4.47 Å². The lowest BCUT2D eigenvalue weighted by Crippen LogP contribution is -3.27. The van der Waals surface area contributed by atoms with Crippen molar-refractivity contribution >= 4 is 15.9 Å². The molecule has 1 heterocycles. The number of aliphatic hydroxyl groups is 1. The summed E-state index contributed by atoms with van der Waals surface area (Å²) in [5, 5.41) is 8.91. The number of nitrogens with one attached hydrogen (secondary N) is 2. The highest BCUT2D eigenvalue weighted by atomic mass is 79.9. The minimum absolute atomic E-state index is 0.203. The number of aliphatic hydroxyl groups excluding tert-OH is 1. The fourth-order valence-electron chi connectivity index (χ4n) is 2.48. The minimum Gasteiger partial charge on any atom is -0.391 e. The first-order valence-electron chi connectivity index (χ1n) is 6.41. The average molecular weight is 319 g/mol. The Morgan fingerprint density at radius 3 is 2.44 bits per heavy atom. The van der Waals surface area contributed by atoms with Crippen molar-refractivity contribution < 1.29 is 19.3 Å². The van der Waals surface area contributed by atoms with Gasteiger partial charge in [-0.15, -0.1) is 0 Å². The number of piperazine rings is 1. The van der Waals surface area contributed by atoms with E-state index in [1.807, 2.05) is 12.1 Å². The molecular weight excluding hydrogens is 299 g/mol. The van der Waals surface area contributed by atoms with Crippen molar-refractivity contribution in [3.8, 4) is 0 Å². The largest absolute Gasteiger partial charge is 0.391 e. The lowest BCUT2D eigenvalue weighted by molar-refractivity contribution is -1.02. The molecule has 5 heteroatoms. The summed E-state index contributed by atoms with van der Waals surface area (Å²) in [4.78, 5) is 3.02. The van der Waals surface area contributed by atoms with Gasteiger partial charge in [-0.3, -0.25) is 0 Å². The van der Waals surface area contributed by atoms with Crippen molar-refractivity contribution in [2.24, 2.45) is 0 Å². The Hall–Kier alpha value is -0.490. The Bertz CT molecular complexity index is 395. The number of halogens is 2. The van der Waals surface area contributed by atoms with Crippen molar-refractivity contribution in [3.05, 3.63) is 34.1 Å². The van der Waals surface area contributed by atoms with Crippen molar-refractivity contribution in [2.75, 3.05) is 39.3 Å². The van der Waals surface area contributed by atoms with Crippen molar-refractivity contribution in [3.63, 3.8) is 0 Å². The summed E-state index contributed by atoms with van der Waals surface area (Å²) in [5.41, 5.74) is 1.17. The second kappa shape index (κ2) is 6.61. The standard InChI is InChI=1S/C13H18BrFN2O/c14-12-9-11(1-2-13(12)15)10-17-5-3-16(4-6-17)7-8-18/h1-2,9,18H,3-8,10H2/p+2. The number of rotatable bonds is 4. The summed E-state index contributed by atoms with van der Waals surface area (Å²) < 4.78 is 13.7. The van der Waals surface area contributed by atoms with Gasteiger partial charge in [0.05, 0.1) is 11.1 Å². The second-order valence-electron chi connectivity index (χ2n) is 4.90. The first-order chi connectivity index (χ1) is 8.69. The van der Waals surface area contributed by atoms with Crippen LogP contribution in [0, 0.1) is 5.82 Å². The molecule has 3 nitrogen and oxygen atoms in total. The molecule has 1 aliphatic rings. The molecule has 100 valence electrons. The fourth-order valence-corrected chi connectivity index (χ4v) is 2.91. The molecule has 0 bridgehead atoms. The molecule has 2 rings (SSSR count). The van der Waals surface area contributed by atoms with Crippen LogP contribution in [0.4, 0.5) is 4.39 Å². The Morgan fingerprint density at radius 2 is 1.83 bits per heavy atom. The summed E-state index contributed by atoms with van der Waals surface area (Å²) >= 11 is 3.22. The Labute approximate surface area is 115 Å². The third kappa shape index (κ3) is 3.75. The maximum Gasteiger partial charge on any atom is 0.137 e. The molecule has 1 aromatic carbocycles. The minimum atomic E-state index is -0.203. The zero-order valence-electron chi connectivity index (χ0n) is 10.4. The van der Waals surface area contributed by atoms with E-state index in [1.165, 1.54) is 21.4 Å². The number of benzene rings is 1. The smallest absolute Gasteiger partial charge is 0.137 e. The SMILES string of the molecule is OCC[NH+]1CC[NH+](Cc2ccc(F)c(Br)c2)CC1. The highest BCUT2D eigenvalue weighted by Crippen LogP contribution is 2.16. The van der Waals surface area contributed by atoms with Crippen LogP contribution >= 0.6 is 15.9 Å². The van der Waals surface area contributed by atoms with Crippen molar-refractivity contribution in [1.29, 1.82) is 0 Å². The van der Waals surface area contributed by atoms with Crippen LogP contribution in [0.1, 0.15) is 5.56 Å². The van der Waals surface area contributed by atoms with Gasteiger partial charge in [0, 0.05) is 5.56 Å². The normalized spacial score (nSPS) is 24.2. The molecule has 1 aromatic rings. The second-order valence-corrected chi connectivity index (χ2v) is 5.75. The zero-order chi connectivity index (χ0) is 13.0. The van der Waals surface area contributed by atoms with Crippen LogP contribution < -0.4 is 9.80 Å². The van der Waals surface area contributed by atoms with E-state index in [-0.39, 0.29) is 12.4 Å². The number of hydrogen-bond donors (Lipinski definition) is 3. The van der Waals surface area contributed by atoms with Gasteiger partial charge in [-0.25, -0.2) is 4.39 Å². The highest BCUT2D eigenvalue weighted by Gasteiger charge is 2.22. The predicted octanol–water partition coefficient (Wildman–Crippen LogP) is -1.14. The van der Waals surface area contributed by atoms with Crippen molar-refractivity contribution in [1.82, 2.24) is 0 Å². The van der Waals surface area contributed by atoms with Crippen LogP contribution in [0.3, 0.4) is 0 Å². The molecule has 0 atom stereocenters. The van der Waals surface area contributed by atoms with Gasteiger partial charge < -0.3 is 14.9 Å². The van der Waals surface area contributed by atoms with E-state index in [4.69, 9.17) is 5.11 Å². The Morgan fingerprint density at radius 1 is 1.17 bits per heavy atom. The van der Waals surface area contributed by atoms with Crippen molar-refractivity contribution in [2.45, 2.75) is 6.54 Å². The fraction of sp³-hybridized carbons (Fsp3) is 0.538. The quantitative estimate of drug-likeness (QED) is 0.644. The number of quaternary nitrogens is 2. The summed E-state index contributed by atoms with van der Waals surface area (Å²) in [6.07, 6.45) is 0. The number of hydrogen-bond acceptors (Lipinski definition) is 1. The lowest BCUT2D eigenvalue weighted by atomic mass is 10.2. The van der Waals surface area contributed by atoms with E-state index in [9.17, 15) is 4.39 Å². The van der Waals surface area contributed by atoms with E-state index < -0.39 is 0 Å². The van der Waals surface area contributed by atoms with Crippen LogP contribution in [0.2, 0.25) is 0 Å². The highest BCUT2D eigenvalue weighted by molar-refractivity contribution is 9.10. The molecule has 0 unspecified atom stereocenters. The van der Waals surface area contributed by atoms with Crippen LogP contribution in [0.15, 0.2) is 22.7 Å². The molecule has 3 N–H and O–H groups in total. The van der Waals surface area contributed by atoms with Crippen LogP contribution in [-0.2, 0) is 6.54 Å². The maximum absolute atomic E-state index is 13.1. The molecule has 1 fully saturated rings. The van der Waals surface area contributed by atoms with E-state index in [2.05, 4.69) is 15.9 Å². The van der Waals surface area contributed by atoms with Gasteiger partial charge in [0.1, 0.15) is 45.1 Å². The molecule has 18 heavy (non-hydrogen) atoms. The average Bonchev–Trinajstić information content (AvgIpc) is 2.37. The Kier molecular flexibility index (Phi) is 5.12. The topological polar surface area (TPSA) is 29.1 Å². The molecular formula is C13H20BrFN2O+2. The molecule has 1 aliphatic heterocycles. The molecule has 0 saturated carbocycles. The molecule has 0 radical (unpaired) electrons. The third-order valence-corrected chi connectivity index (χ3v) is 4.18. The van der Waals surface area contributed by atoms with Gasteiger partial charge in [0.15, 0.2) is 0 Å². The van der Waals surface area contributed by atoms with Gasteiger partial charge in [-0.05, 0) is 28.1 Å². The molecule has 0 spiro atoms. The maximum atomic E-state index is 13.1. The first-order valence-corrected chi connectivity index (χ1v) is 7.20. The van der Waals surface area contributed by atoms with E-state index in [1.54, 1.807) is 0 Å². The third-order valence-electron chi connectivity index (χ3n) is 3.57. The summed E-state index contributed by atoms with van der Waals surface area (Å²) in [6, 6.07) is 5.25. The monoisotopic (exact) mass is 318 g/mol. The van der Waals surface area contributed by atoms with Gasteiger partial charge >= 0.3 is 0 Å². The van der Waals surface area contributed by atoms with Gasteiger partial charge in [0.25, 0.3) is 0 Å². The van der Waals surface area contributed by atoms with Gasteiger partial charge in [0.2, 0.25) is 0 Å². The van der Waals surface area contributed by atoms with E-state index in [0.717, 1.165) is 39.3 Å². The molecule has 1 saturated heterocycles. The van der Waals surface area contributed by atoms with Crippen LogP contribution in [0.5, 0.6) is 0 Å². The van der Waals surface area contributed by atoms with E-state index >= 15 is 0 Å². The van der Waals surface area contributed by atoms with Gasteiger partial charge in [-0.1, -0.05) is 6.07 Å². The predicted molar refractivity (Wildman–Crippen MR) is 71.2 cm³/mol. The lowest BCUT2D eigenvalue weighted by Gasteiger charge is -2.29. The molecule has 0 aliphatic carbocycles. The summed E-state index contributed by atoms with van der Waals surface area (Å²) in [5.74, 6) is -0.203. The van der Waals surface area contributed by atoms with Crippen LogP contribution in [-0.4, -0.2) is 44.4 Å². The summed E-state index contributed by atoms with van der Waals surface area (Å²) in [6.45, 7) is 6.53. The molecule has 0 aromatic heterocycles.